The maximum atomic E-state index is 13.9. The first-order chi connectivity index (χ1) is 22.4. The highest BCUT2D eigenvalue weighted by Gasteiger charge is 2.65. The molecule has 0 spiro atoms. The van der Waals surface area contributed by atoms with Crippen molar-refractivity contribution in [3.63, 3.8) is 0 Å². The van der Waals surface area contributed by atoms with Gasteiger partial charge >= 0.3 is 17.9 Å². The normalized spacial score (nSPS) is 37.0. The molecule has 8 heterocycles. The maximum Gasteiger partial charge on any atom is 0.336 e. The number of aromatic amines is 1. The lowest BCUT2D eigenvalue weighted by molar-refractivity contribution is -0.169. The number of ether oxygens (including phenoxy) is 4. The molecule has 4 fully saturated rings. The molecule has 0 saturated carbocycles. The van der Waals surface area contributed by atoms with Crippen molar-refractivity contribution in [2.45, 2.75) is 48.6 Å². The molecule has 22 nitrogen and oxygen atoms in total. The number of hydrogen-bond donors (Lipinski definition) is 4. The van der Waals surface area contributed by atoms with E-state index in [9.17, 15) is 17.8 Å². The summed E-state index contributed by atoms with van der Waals surface area (Å²) in [6, 6.07) is 0. The lowest BCUT2D eigenvalue weighted by atomic mass is 10.00. The van der Waals surface area contributed by atoms with Crippen molar-refractivity contribution in [2.75, 3.05) is 45.0 Å². The summed E-state index contributed by atoms with van der Waals surface area (Å²) in [4.78, 5) is 35.5. The zero-order chi connectivity index (χ0) is 32.9. The first-order valence-electron chi connectivity index (χ1n) is 14.1. The van der Waals surface area contributed by atoms with Gasteiger partial charge in [-0.05, 0) is 0 Å². The van der Waals surface area contributed by atoms with Gasteiger partial charge in [-0.3, -0.25) is 28.0 Å². The Hall–Kier alpha value is -3.64. The zero-order valence-electron chi connectivity index (χ0n) is 24.5. The Morgan fingerprint density at radius 3 is 2.64 bits per heavy atom. The van der Waals surface area contributed by atoms with E-state index in [4.69, 9.17) is 43.6 Å². The number of aromatic nitrogens is 8. The summed E-state index contributed by atoms with van der Waals surface area (Å²) >= 11 is 0. The second kappa shape index (κ2) is 10.7. The third-order valence-electron chi connectivity index (χ3n) is 8.48. The van der Waals surface area contributed by atoms with E-state index in [-0.39, 0.29) is 36.1 Å². The third-order valence-corrected chi connectivity index (χ3v) is 10.7. The maximum absolute atomic E-state index is 13.9. The molecule has 47 heavy (non-hydrogen) atoms. The summed E-state index contributed by atoms with van der Waals surface area (Å²) in [6.07, 6.45) is -3.79. The molecule has 9 atom stereocenters. The third kappa shape index (κ3) is 4.93. The van der Waals surface area contributed by atoms with Crippen LogP contribution in [0.1, 0.15) is 12.5 Å². The van der Waals surface area contributed by atoms with Crippen LogP contribution in [0.2, 0.25) is 0 Å². The fraction of sp³-hybridized carbons (Fsp3) is 0.565. The van der Waals surface area contributed by atoms with E-state index >= 15 is 0 Å². The number of rotatable bonds is 3. The van der Waals surface area contributed by atoms with Gasteiger partial charge in [0.1, 0.15) is 41.9 Å². The van der Waals surface area contributed by atoms with Gasteiger partial charge in [-0.15, -0.1) is 0 Å². The van der Waals surface area contributed by atoms with E-state index in [1.54, 1.807) is 4.57 Å². The van der Waals surface area contributed by atoms with Crippen LogP contribution in [0.25, 0.3) is 22.3 Å². The Kier molecular flexibility index (Phi) is 6.97. The van der Waals surface area contributed by atoms with Crippen molar-refractivity contribution in [2.24, 2.45) is 0 Å². The predicted molar refractivity (Wildman–Crippen MR) is 156 cm³/mol. The molecule has 4 aliphatic heterocycles. The van der Waals surface area contributed by atoms with Gasteiger partial charge in [0, 0.05) is 20.3 Å². The predicted octanol–water partition coefficient (Wildman–Crippen LogP) is -1.84. The second-order valence-electron chi connectivity index (χ2n) is 11.4. The number of imidazole rings is 2. The van der Waals surface area contributed by atoms with Crippen molar-refractivity contribution in [3.8, 4) is 0 Å². The van der Waals surface area contributed by atoms with Gasteiger partial charge in [0.05, 0.1) is 25.9 Å². The number of nitrogens with zero attached hydrogens (tertiary/aromatic N) is 7. The van der Waals surface area contributed by atoms with Crippen LogP contribution in [0.3, 0.4) is 0 Å². The van der Waals surface area contributed by atoms with Crippen molar-refractivity contribution < 1.29 is 45.2 Å². The average molecular weight is 698 g/mol. The van der Waals surface area contributed by atoms with Crippen molar-refractivity contribution >= 4 is 52.0 Å². The molecule has 9 unspecified atom stereocenters. The molecule has 0 aliphatic carbocycles. The molecule has 24 heteroatoms. The lowest BCUT2D eigenvalue weighted by Gasteiger charge is -2.32. The average Bonchev–Trinajstić information content (AvgIpc) is 3.82. The highest BCUT2D eigenvalue weighted by molar-refractivity contribution is 7.84. The summed E-state index contributed by atoms with van der Waals surface area (Å²) in [5.41, 5.74) is 10.2. The molecule has 8 rings (SSSR count). The molecular weight excluding hydrogens is 669 g/mol. The fourth-order valence-corrected chi connectivity index (χ4v) is 8.58. The van der Waals surface area contributed by atoms with Gasteiger partial charge in [0.2, 0.25) is 5.95 Å². The van der Waals surface area contributed by atoms with Crippen LogP contribution in [0.15, 0.2) is 23.8 Å². The minimum absolute atomic E-state index is 0.00225. The molecule has 0 amide bonds. The van der Waals surface area contributed by atoms with Crippen molar-refractivity contribution in [1.29, 1.82) is 0 Å². The minimum atomic E-state index is -4.62. The Morgan fingerprint density at radius 2 is 1.85 bits per heavy atom. The Labute approximate surface area is 263 Å². The lowest BCUT2D eigenvalue weighted by Crippen LogP contribution is -2.52. The van der Waals surface area contributed by atoms with Gasteiger partial charge in [0.25, 0.3) is 5.56 Å². The standard InChI is InChI=1S/C23H28N11O11PS/c1-39-12-9-3-41-46(2,36)44-15-14-21(33-7-28-10-16(24)26-6-27-17(10)33)43-23(15,5-40-14)4-30-47(37,38)45-13(12)20(42-9)34-8-29-11-18(34)31-22(25)32-19(11)35/h6-9,12-15,20-21,30H,3-5H2,1-2H3,(H2,24,26,27)(H3,25,31,32,35). The van der Waals surface area contributed by atoms with Gasteiger partial charge in [-0.1, -0.05) is 0 Å². The first kappa shape index (κ1) is 30.7. The van der Waals surface area contributed by atoms with E-state index in [2.05, 4.69) is 34.6 Å². The van der Waals surface area contributed by atoms with Crippen LogP contribution < -0.4 is 21.7 Å². The molecule has 4 aromatic rings. The number of methoxy groups -OCH3 is 1. The monoisotopic (exact) mass is 697 g/mol. The molecule has 4 saturated heterocycles. The van der Waals surface area contributed by atoms with Gasteiger partial charge in [-0.25, -0.2) is 24.1 Å². The van der Waals surface area contributed by atoms with Crippen LogP contribution in [0.5, 0.6) is 0 Å². The van der Waals surface area contributed by atoms with Crippen molar-refractivity contribution in [3.05, 3.63) is 29.3 Å². The minimum Gasteiger partial charge on any atom is -0.382 e. The van der Waals surface area contributed by atoms with E-state index in [0.717, 1.165) is 0 Å². The molecular formula is C23H28N11O11PS. The van der Waals surface area contributed by atoms with E-state index in [1.165, 1.54) is 37.3 Å². The van der Waals surface area contributed by atoms with Gasteiger partial charge < -0.3 is 34.9 Å². The summed E-state index contributed by atoms with van der Waals surface area (Å²) < 4.78 is 88.1. The number of hydrogen-bond acceptors (Lipinski definition) is 18. The Morgan fingerprint density at radius 1 is 1.09 bits per heavy atom. The second-order valence-corrected chi connectivity index (χ2v) is 14.8. The van der Waals surface area contributed by atoms with Gasteiger partial charge in [-0.2, -0.15) is 18.1 Å². The number of nitrogen functional groups attached to an aromatic ring is 2. The first-order valence-corrected chi connectivity index (χ1v) is 17.5. The SMILES string of the molecule is COC1C2COP(C)(=O)OC3C4OCC3(CNS(=O)(=O)OC1C(n1cnc3c(=O)[nH]c(N)nc31)O2)OC4n1cnc2c(N)ncnc21. The smallest absolute Gasteiger partial charge is 0.336 e. The number of anilines is 2. The summed E-state index contributed by atoms with van der Waals surface area (Å²) in [5, 5.41) is 0. The molecule has 252 valence electrons. The summed E-state index contributed by atoms with van der Waals surface area (Å²) in [7, 11) is -7.23. The molecule has 4 aromatic heterocycles. The van der Waals surface area contributed by atoms with E-state index in [0.29, 0.717) is 11.2 Å². The molecule has 0 aromatic carbocycles. The van der Waals surface area contributed by atoms with Crippen LogP contribution in [0, 0.1) is 0 Å². The topological polar surface area (TPSA) is 287 Å². The number of H-pyrrole nitrogens is 1. The van der Waals surface area contributed by atoms with Crippen LogP contribution >= 0.6 is 7.60 Å². The molecule has 4 bridgehead atoms. The van der Waals surface area contributed by atoms with Crippen LogP contribution in [0.4, 0.5) is 11.8 Å². The van der Waals surface area contributed by atoms with Crippen LogP contribution in [-0.4, -0.2) is 117 Å². The number of fused-ring (bicyclic) bond motifs is 4. The largest absolute Gasteiger partial charge is 0.382 e. The molecule has 0 radical (unpaired) electrons. The summed E-state index contributed by atoms with van der Waals surface area (Å²) in [6.45, 7) is 0.322. The van der Waals surface area contributed by atoms with Crippen molar-refractivity contribution in [1.82, 2.24) is 43.8 Å². The summed E-state index contributed by atoms with van der Waals surface area (Å²) in [5.74, 6) is -0.0609. The van der Waals surface area contributed by atoms with Crippen LogP contribution in [-0.2, 0) is 47.0 Å². The van der Waals surface area contributed by atoms with Gasteiger partial charge in [0.15, 0.2) is 41.2 Å². The highest BCUT2D eigenvalue weighted by atomic mass is 32.2. The van der Waals surface area contributed by atoms with E-state index in [1.807, 2.05) is 0 Å². The quantitative estimate of drug-likeness (QED) is 0.171. The fourth-order valence-electron chi connectivity index (χ4n) is 6.39. The van der Waals surface area contributed by atoms with E-state index < -0.39 is 78.6 Å². The number of nitrogens with two attached hydrogens (primary N) is 2. The number of nitrogens with one attached hydrogen (secondary N) is 2. The Bertz CT molecular complexity index is 2110. The molecule has 4 aliphatic rings. The Balaban J connectivity index is 1.16. The molecule has 6 N–H and O–H groups in total. The zero-order valence-corrected chi connectivity index (χ0v) is 26.2. The highest BCUT2D eigenvalue weighted by Crippen LogP contribution is 2.55.